The topological polar surface area (TPSA) is 58.6 Å². The number of hydrogen-bond acceptors (Lipinski definition) is 3. The zero-order chi connectivity index (χ0) is 15.9. The number of benzene rings is 1. The molecule has 2 rings (SSSR count). The normalized spacial score (nSPS) is 15.5. The van der Waals surface area contributed by atoms with E-state index < -0.39 is 0 Å². The lowest BCUT2D eigenvalue weighted by atomic mass is 9.95. The first-order chi connectivity index (χ1) is 10.6. The van der Waals surface area contributed by atoms with Crippen molar-refractivity contribution in [2.75, 3.05) is 20.2 Å². The zero-order valence-corrected chi connectivity index (χ0v) is 13.3. The highest BCUT2D eigenvalue weighted by Crippen LogP contribution is 2.18. The van der Waals surface area contributed by atoms with Crippen LogP contribution in [0.15, 0.2) is 24.3 Å². The first-order valence-electron chi connectivity index (χ1n) is 7.82. The van der Waals surface area contributed by atoms with Gasteiger partial charge in [-0.25, -0.2) is 0 Å². The highest BCUT2D eigenvalue weighted by atomic mass is 16.5. The SMILES string of the molecule is CCC(=O)N1CCC(C(=O)NCc2ccc(OC)cc2)CC1. The van der Waals surface area contributed by atoms with E-state index in [4.69, 9.17) is 4.74 Å². The van der Waals surface area contributed by atoms with Gasteiger partial charge in [-0.1, -0.05) is 19.1 Å². The van der Waals surface area contributed by atoms with Gasteiger partial charge in [0, 0.05) is 32.0 Å². The van der Waals surface area contributed by atoms with E-state index in [1.165, 1.54) is 0 Å². The third-order valence-electron chi connectivity index (χ3n) is 4.15. The third kappa shape index (κ3) is 4.23. The van der Waals surface area contributed by atoms with Gasteiger partial charge in [0.15, 0.2) is 0 Å². The van der Waals surface area contributed by atoms with Gasteiger partial charge in [-0.15, -0.1) is 0 Å². The predicted molar refractivity (Wildman–Crippen MR) is 84.4 cm³/mol. The minimum atomic E-state index is 0.0131. The van der Waals surface area contributed by atoms with Crippen molar-refractivity contribution < 1.29 is 14.3 Å². The first kappa shape index (κ1) is 16.3. The van der Waals surface area contributed by atoms with Crippen LogP contribution < -0.4 is 10.1 Å². The largest absolute Gasteiger partial charge is 0.497 e. The number of methoxy groups -OCH3 is 1. The molecule has 2 amide bonds. The molecule has 0 bridgehead atoms. The van der Waals surface area contributed by atoms with Crippen LogP contribution in [0.1, 0.15) is 31.7 Å². The van der Waals surface area contributed by atoms with Gasteiger partial charge < -0.3 is 15.0 Å². The van der Waals surface area contributed by atoms with E-state index in [1.807, 2.05) is 36.1 Å². The molecule has 1 N–H and O–H groups in total. The van der Waals surface area contributed by atoms with E-state index in [2.05, 4.69) is 5.32 Å². The summed E-state index contributed by atoms with van der Waals surface area (Å²) in [4.78, 5) is 25.7. The van der Waals surface area contributed by atoms with Crippen LogP contribution >= 0.6 is 0 Å². The van der Waals surface area contributed by atoms with Gasteiger partial charge in [-0.2, -0.15) is 0 Å². The number of hydrogen-bond donors (Lipinski definition) is 1. The first-order valence-corrected chi connectivity index (χ1v) is 7.82. The summed E-state index contributed by atoms with van der Waals surface area (Å²) in [7, 11) is 1.63. The Morgan fingerprint density at radius 2 is 1.86 bits per heavy atom. The molecule has 1 aliphatic rings. The molecule has 120 valence electrons. The maximum absolute atomic E-state index is 12.2. The molecule has 1 aliphatic heterocycles. The molecular formula is C17H24N2O3. The lowest BCUT2D eigenvalue weighted by molar-refractivity contribution is -0.135. The summed E-state index contributed by atoms with van der Waals surface area (Å²) >= 11 is 0. The molecule has 0 saturated carbocycles. The van der Waals surface area contributed by atoms with Crippen molar-refractivity contribution in [3.63, 3.8) is 0 Å². The van der Waals surface area contributed by atoms with Crippen LogP contribution in [0.3, 0.4) is 0 Å². The Morgan fingerprint density at radius 1 is 1.23 bits per heavy atom. The Morgan fingerprint density at radius 3 is 2.41 bits per heavy atom. The van der Waals surface area contributed by atoms with Gasteiger partial charge in [-0.05, 0) is 30.5 Å². The molecule has 0 radical (unpaired) electrons. The van der Waals surface area contributed by atoms with Crippen molar-refractivity contribution in [3.8, 4) is 5.75 Å². The van der Waals surface area contributed by atoms with Gasteiger partial charge in [-0.3, -0.25) is 9.59 Å². The summed E-state index contributed by atoms with van der Waals surface area (Å²) in [6.45, 7) is 3.77. The van der Waals surface area contributed by atoms with Gasteiger partial charge in [0.25, 0.3) is 0 Å². The maximum Gasteiger partial charge on any atom is 0.223 e. The van der Waals surface area contributed by atoms with Crippen LogP contribution in [0.2, 0.25) is 0 Å². The van der Waals surface area contributed by atoms with Crippen molar-refractivity contribution in [3.05, 3.63) is 29.8 Å². The van der Waals surface area contributed by atoms with Gasteiger partial charge in [0.2, 0.25) is 11.8 Å². The number of carbonyl (C=O) groups is 2. The molecule has 1 fully saturated rings. The minimum Gasteiger partial charge on any atom is -0.497 e. The lowest BCUT2D eigenvalue weighted by Gasteiger charge is -2.31. The van der Waals surface area contributed by atoms with Crippen LogP contribution in [-0.2, 0) is 16.1 Å². The quantitative estimate of drug-likeness (QED) is 0.904. The molecule has 5 heteroatoms. The monoisotopic (exact) mass is 304 g/mol. The number of likely N-dealkylation sites (tertiary alicyclic amines) is 1. The Bertz CT molecular complexity index is 505. The van der Waals surface area contributed by atoms with E-state index in [9.17, 15) is 9.59 Å². The Kier molecular flexibility index (Phi) is 5.81. The highest BCUT2D eigenvalue weighted by molar-refractivity contribution is 5.80. The second-order valence-corrected chi connectivity index (χ2v) is 5.57. The van der Waals surface area contributed by atoms with E-state index >= 15 is 0 Å². The maximum atomic E-state index is 12.2. The van der Waals surface area contributed by atoms with Crippen LogP contribution in [0.25, 0.3) is 0 Å². The minimum absolute atomic E-state index is 0.0131. The van der Waals surface area contributed by atoms with Crippen molar-refractivity contribution in [2.24, 2.45) is 5.92 Å². The van der Waals surface area contributed by atoms with Crippen molar-refractivity contribution in [2.45, 2.75) is 32.7 Å². The molecule has 0 aliphatic carbocycles. The second-order valence-electron chi connectivity index (χ2n) is 5.57. The second kappa shape index (κ2) is 7.82. The number of piperidine rings is 1. The number of carbonyl (C=O) groups excluding carboxylic acids is 2. The molecule has 0 spiro atoms. The molecule has 1 saturated heterocycles. The fraction of sp³-hybridized carbons (Fsp3) is 0.529. The van der Waals surface area contributed by atoms with E-state index in [-0.39, 0.29) is 17.7 Å². The smallest absolute Gasteiger partial charge is 0.223 e. The molecule has 0 aromatic heterocycles. The van der Waals surface area contributed by atoms with E-state index in [0.717, 1.165) is 24.2 Å². The highest BCUT2D eigenvalue weighted by Gasteiger charge is 2.26. The number of nitrogens with zero attached hydrogens (tertiary/aromatic N) is 1. The summed E-state index contributed by atoms with van der Waals surface area (Å²) in [5.74, 6) is 1.08. The molecule has 1 aromatic rings. The molecule has 22 heavy (non-hydrogen) atoms. The van der Waals surface area contributed by atoms with Crippen LogP contribution in [0.4, 0.5) is 0 Å². The summed E-state index contributed by atoms with van der Waals surface area (Å²) in [6, 6.07) is 7.66. The third-order valence-corrected chi connectivity index (χ3v) is 4.15. The molecule has 0 unspecified atom stereocenters. The van der Waals surface area contributed by atoms with Gasteiger partial charge >= 0.3 is 0 Å². The molecule has 0 atom stereocenters. The summed E-state index contributed by atoms with van der Waals surface area (Å²) in [5, 5.41) is 2.98. The standard InChI is InChI=1S/C17H24N2O3/c1-3-16(20)19-10-8-14(9-11-19)17(21)18-12-13-4-6-15(22-2)7-5-13/h4-7,14H,3,8-12H2,1-2H3,(H,18,21). The average Bonchev–Trinajstić information content (AvgIpc) is 2.59. The Balaban J connectivity index is 1.77. The predicted octanol–water partition coefficient (Wildman–Crippen LogP) is 1.96. The number of amides is 2. The summed E-state index contributed by atoms with van der Waals surface area (Å²) < 4.78 is 5.11. The lowest BCUT2D eigenvalue weighted by Crippen LogP contribution is -2.42. The fourth-order valence-electron chi connectivity index (χ4n) is 2.69. The number of rotatable bonds is 5. The van der Waals surface area contributed by atoms with Crippen molar-refractivity contribution in [1.82, 2.24) is 10.2 Å². The van der Waals surface area contributed by atoms with Crippen molar-refractivity contribution >= 4 is 11.8 Å². The van der Waals surface area contributed by atoms with Crippen molar-refractivity contribution in [1.29, 1.82) is 0 Å². The molecule has 1 heterocycles. The van der Waals surface area contributed by atoms with Gasteiger partial charge in [0.05, 0.1) is 7.11 Å². The molecule has 1 aromatic carbocycles. The fourth-order valence-corrected chi connectivity index (χ4v) is 2.69. The molecule has 5 nitrogen and oxygen atoms in total. The summed E-state index contributed by atoms with van der Waals surface area (Å²) in [6.07, 6.45) is 2.04. The summed E-state index contributed by atoms with van der Waals surface area (Å²) in [5.41, 5.74) is 1.05. The van der Waals surface area contributed by atoms with Crippen LogP contribution in [0, 0.1) is 5.92 Å². The Hall–Kier alpha value is -2.04. The average molecular weight is 304 g/mol. The van der Waals surface area contributed by atoms with Gasteiger partial charge in [0.1, 0.15) is 5.75 Å². The molecular weight excluding hydrogens is 280 g/mol. The number of nitrogens with one attached hydrogen (secondary N) is 1. The number of ether oxygens (including phenoxy) is 1. The Labute approximate surface area is 131 Å². The van der Waals surface area contributed by atoms with E-state index in [1.54, 1.807) is 7.11 Å². The van der Waals surface area contributed by atoms with E-state index in [0.29, 0.717) is 26.1 Å². The van der Waals surface area contributed by atoms with Crippen LogP contribution in [-0.4, -0.2) is 36.9 Å². The zero-order valence-electron chi connectivity index (χ0n) is 13.3. The van der Waals surface area contributed by atoms with Crippen LogP contribution in [0.5, 0.6) is 5.75 Å².